The highest BCUT2D eigenvalue weighted by Crippen LogP contribution is 2.38. The van der Waals surface area contributed by atoms with Crippen molar-refractivity contribution in [3.63, 3.8) is 0 Å². The van der Waals surface area contributed by atoms with Gasteiger partial charge in [0.05, 0.1) is 34.0 Å². The molecule has 29 heavy (non-hydrogen) atoms. The van der Waals surface area contributed by atoms with Crippen LogP contribution in [0.1, 0.15) is 5.82 Å². The van der Waals surface area contributed by atoms with E-state index in [4.69, 9.17) is 18.9 Å². The highest BCUT2D eigenvalue weighted by Gasteiger charge is 2.36. The van der Waals surface area contributed by atoms with E-state index in [0.717, 1.165) is 0 Å². The Morgan fingerprint density at radius 1 is 0.759 bits per heavy atom. The maximum atomic E-state index is 13.3. The minimum Gasteiger partial charge on any atom is -0.493 e. The Kier molecular flexibility index (Phi) is 5.53. The third kappa shape index (κ3) is 4.05. The molecule has 0 saturated heterocycles. The number of hydrogen-bond acceptors (Lipinski definition) is 7. The number of ether oxygens (including phenoxy) is 4. The van der Waals surface area contributed by atoms with Gasteiger partial charge in [-0.3, -0.25) is 0 Å². The Labute approximate surface area is 164 Å². The molecule has 10 heteroatoms. The highest BCUT2D eigenvalue weighted by atomic mass is 19.4. The van der Waals surface area contributed by atoms with Crippen LogP contribution in [0.25, 0.3) is 10.9 Å². The lowest BCUT2D eigenvalue weighted by Crippen LogP contribution is -2.13. The Bertz CT molecular complexity index is 1040. The Hall–Kier alpha value is -3.43. The maximum absolute atomic E-state index is 13.3. The number of fused-ring (bicyclic) bond motifs is 1. The summed E-state index contributed by atoms with van der Waals surface area (Å²) in [5.41, 5.74) is 0.499. The Morgan fingerprint density at radius 2 is 1.34 bits per heavy atom. The van der Waals surface area contributed by atoms with Crippen molar-refractivity contribution in [1.82, 2.24) is 9.97 Å². The van der Waals surface area contributed by atoms with Gasteiger partial charge in [0, 0.05) is 23.2 Å². The van der Waals surface area contributed by atoms with Crippen LogP contribution in [-0.2, 0) is 6.18 Å². The molecule has 0 aliphatic heterocycles. The number of alkyl halides is 3. The smallest absolute Gasteiger partial charge is 0.451 e. The first-order chi connectivity index (χ1) is 13.8. The van der Waals surface area contributed by atoms with E-state index in [1.54, 1.807) is 18.2 Å². The van der Waals surface area contributed by atoms with Crippen molar-refractivity contribution in [2.45, 2.75) is 6.18 Å². The number of aromatic nitrogens is 2. The molecule has 1 aromatic heterocycles. The normalized spacial score (nSPS) is 11.3. The second kappa shape index (κ2) is 7.90. The van der Waals surface area contributed by atoms with E-state index < -0.39 is 12.0 Å². The van der Waals surface area contributed by atoms with Crippen molar-refractivity contribution in [3.05, 3.63) is 36.2 Å². The van der Waals surface area contributed by atoms with Gasteiger partial charge in [0.2, 0.25) is 5.82 Å². The van der Waals surface area contributed by atoms with Crippen molar-refractivity contribution in [3.8, 4) is 23.0 Å². The molecule has 0 saturated carbocycles. The summed E-state index contributed by atoms with van der Waals surface area (Å²) in [4.78, 5) is 7.32. The SMILES string of the molecule is COc1ccc(Nc2nc(C(F)(F)F)nc3cc(OC)c(OC)cc23)cc1OC. The molecule has 0 atom stereocenters. The molecule has 0 unspecified atom stereocenters. The molecule has 154 valence electrons. The largest absolute Gasteiger partial charge is 0.493 e. The molecule has 0 fully saturated rings. The van der Waals surface area contributed by atoms with Gasteiger partial charge in [0.1, 0.15) is 5.82 Å². The first kappa shape index (κ1) is 20.3. The lowest BCUT2D eigenvalue weighted by atomic mass is 10.2. The average molecular weight is 409 g/mol. The molecule has 0 spiro atoms. The lowest BCUT2D eigenvalue weighted by Gasteiger charge is -2.15. The summed E-state index contributed by atoms with van der Waals surface area (Å²) in [5.74, 6) is 0.150. The molecule has 0 aliphatic rings. The fraction of sp³-hybridized carbons (Fsp3) is 0.263. The standard InChI is InChI=1S/C19H18F3N3O4/c1-26-13-6-5-10(7-14(13)27-2)23-17-11-8-15(28-3)16(29-4)9-12(11)24-18(25-17)19(20,21)22/h5-9H,1-4H3,(H,23,24,25). The third-order valence-corrected chi connectivity index (χ3v) is 4.10. The second-order valence-corrected chi connectivity index (χ2v) is 5.81. The Balaban J connectivity index is 2.19. The van der Waals surface area contributed by atoms with Gasteiger partial charge in [-0.2, -0.15) is 13.2 Å². The molecule has 0 amide bonds. The fourth-order valence-corrected chi connectivity index (χ4v) is 2.73. The number of anilines is 2. The zero-order valence-electron chi connectivity index (χ0n) is 16.0. The van der Waals surface area contributed by atoms with E-state index in [1.165, 1.54) is 40.6 Å². The third-order valence-electron chi connectivity index (χ3n) is 4.10. The van der Waals surface area contributed by atoms with Gasteiger partial charge in [0.25, 0.3) is 0 Å². The second-order valence-electron chi connectivity index (χ2n) is 5.81. The van der Waals surface area contributed by atoms with Crippen molar-refractivity contribution < 1.29 is 32.1 Å². The van der Waals surface area contributed by atoms with Crippen molar-refractivity contribution in [1.29, 1.82) is 0 Å². The van der Waals surface area contributed by atoms with Crippen LogP contribution in [0.2, 0.25) is 0 Å². The predicted molar refractivity (Wildman–Crippen MR) is 100 cm³/mol. The summed E-state index contributed by atoms with van der Waals surface area (Å²) in [7, 11) is 5.76. The van der Waals surface area contributed by atoms with Crippen LogP contribution in [0.4, 0.5) is 24.7 Å². The number of rotatable bonds is 6. The summed E-state index contributed by atoms with van der Waals surface area (Å²) in [6, 6.07) is 7.71. The molecule has 7 nitrogen and oxygen atoms in total. The molecule has 1 N–H and O–H groups in total. The van der Waals surface area contributed by atoms with Crippen LogP contribution < -0.4 is 24.3 Å². The quantitative estimate of drug-likeness (QED) is 0.646. The zero-order valence-corrected chi connectivity index (χ0v) is 16.0. The summed E-state index contributed by atoms with van der Waals surface area (Å²) in [6.07, 6.45) is -4.73. The van der Waals surface area contributed by atoms with Gasteiger partial charge in [-0.1, -0.05) is 0 Å². The number of hydrogen-bond donors (Lipinski definition) is 1. The molecule has 3 rings (SSSR count). The van der Waals surface area contributed by atoms with E-state index >= 15 is 0 Å². The van der Waals surface area contributed by atoms with E-state index in [9.17, 15) is 13.2 Å². The first-order valence-electron chi connectivity index (χ1n) is 8.30. The van der Waals surface area contributed by atoms with Crippen LogP contribution in [0.3, 0.4) is 0 Å². The van der Waals surface area contributed by atoms with Gasteiger partial charge >= 0.3 is 6.18 Å². The minimum absolute atomic E-state index is 0.0458. The molecule has 3 aromatic rings. The van der Waals surface area contributed by atoms with E-state index in [2.05, 4.69) is 15.3 Å². The lowest BCUT2D eigenvalue weighted by molar-refractivity contribution is -0.144. The predicted octanol–water partition coefficient (Wildman–Crippen LogP) is 4.43. The number of halogens is 3. The Morgan fingerprint density at radius 3 is 1.93 bits per heavy atom. The summed E-state index contributed by atoms with van der Waals surface area (Å²) in [6.45, 7) is 0. The van der Waals surface area contributed by atoms with Gasteiger partial charge < -0.3 is 24.3 Å². The van der Waals surface area contributed by atoms with E-state index in [0.29, 0.717) is 28.3 Å². The minimum atomic E-state index is -4.73. The van der Waals surface area contributed by atoms with E-state index in [1.807, 2.05) is 0 Å². The number of nitrogens with one attached hydrogen (secondary N) is 1. The van der Waals surface area contributed by atoms with Crippen LogP contribution >= 0.6 is 0 Å². The monoisotopic (exact) mass is 409 g/mol. The molecule has 0 bridgehead atoms. The van der Waals surface area contributed by atoms with Gasteiger partial charge in [-0.25, -0.2) is 9.97 Å². The van der Waals surface area contributed by atoms with Crippen LogP contribution in [-0.4, -0.2) is 38.4 Å². The first-order valence-corrected chi connectivity index (χ1v) is 8.30. The topological polar surface area (TPSA) is 74.7 Å². The molecule has 1 heterocycles. The molecular formula is C19H18F3N3O4. The van der Waals surface area contributed by atoms with Crippen LogP contribution in [0, 0.1) is 0 Å². The van der Waals surface area contributed by atoms with Gasteiger partial charge in [-0.15, -0.1) is 0 Å². The average Bonchev–Trinajstić information content (AvgIpc) is 2.71. The van der Waals surface area contributed by atoms with Crippen molar-refractivity contribution in [2.24, 2.45) is 0 Å². The number of nitrogens with zero attached hydrogens (tertiary/aromatic N) is 2. The number of benzene rings is 2. The molecule has 0 radical (unpaired) electrons. The summed E-state index contributed by atoms with van der Waals surface area (Å²) < 4.78 is 60.8. The van der Waals surface area contributed by atoms with Gasteiger partial charge in [-0.05, 0) is 18.2 Å². The molecule has 0 aliphatic carbocycles. The van der Waals surface area contributed by atoms with Crippen LogP contribution in [0.5, 0.6) is 23.0 Å². The summed E-state index contributed by atoms with van der Waals surface area (Å²) >= 11 is 0. The fourth-order valence-electron chi connectivity index (χ4n) is 2.73. The van der Waals surface area contributed by atoms with E-state index in [-0.39, 0.29) is 17.1 Å². The molecular weight excluding hydrogens is 391 g/mol. The molecule has 2 aromatic carbocycles. The van der Waals surface area contributed by atoms with Crippen molar-refractivity contribution in [2.75, 3.05) is 33.8 Å². The van der Waals surface area contributed by atoms with Crippen molar-refractivity contribution >= 4 is 22.4 Å². The maximum Gasteiger partial charge on any atom is 0.451 e. The van der Waals surface area contributed by atoms with Crippen LogP contribution in [0.15, 0.2) is 30.3 Å². The zero-order chi connectivity index (χ0) is 21.2. The summed E-state index contributed by atoms with van der Waals surface area (Å²) in [5, 5.41) is 3.22. The van der Waals surface area contributed by atoms with Gasteiger partial charge in [0.15, 0.2) is 23.0 Å². The number of methoxy groups -OCH3 is 4. The highest BCUT2D eigenvalue weighted by molar-refractivity contribution is 5.93.